The molecule has 6 heteroatoms. The maximum absolute atomic E-state index is 13.8. The summed E-state index contributed by atoms with van der Waals surface area (Å²) in [6, 6.07) is 14.6. The number of carbonyl (C=O) groups excluding carboxylic acids is 1. The predicted octanol–water partition coefficient (Wildman–Crippen LogP) is 8.07. The molecule has 4 nitrogen and oxygen atoms in total. The Morgan fingerprint density at radius 3 is 2.38 bits per heavy atom. The molecule has 1 amide bonds. The number of thiophene rings is 2. The standard InChI is InChI=1S/C31H34N2O2S2/c1-30(2)11-12-31(3,4)25-16-26(35-5)23(15-24(25)30)27-8-9-28(37-27)29(34)33(19-22-10-14-36-20-22)18-21-7-6-13-32-17-21/h6-10,13-17,20H,11-12,18-19H2,1-5H3. The number of carbonyl (C=O) groups is 1. The van der Waals surface area contributed by atoms with E-state index in [-0.39, 0.29) is 16.7 Å². The van der Waals surface area contributed by atoms with Crippen LogP contribution < -0.4 is 4.74 Å². The molecule has 1 aliphatic rings. The Kier molecular flexibility index (Phi) is 6.99. The lowest BCUT2D eigenvalue weighted by Crippen LogP contribution is -2.33. The molecule has 3 aromatic heterocycles. The summed E-state index contributed by atoms with van der Waals surface area (Å²) in [5.41, 5.74) is 6.19. The van der Waals surface area contributed by atoms with Crippen molar-refractivity contribution in [2.45, 2.75) is 64.5 Å². The van der Waals surface area contributed by atoms with Crippen LogP contribution >= 0.6 is 22.7 Å². The van der Waals surface area contributed by atoms with Crippen LogP contribution in [0.2, 0.25) is 0 Å². The second-order valence-corrected chi connectivity index (χ2v) is 13.0. The summed E-state index contributed by atoms with van der Waals surface area (Å²) in [5.74, 6) is 0.903. The molecule has 0 bridgehead atoms. The van der Waals surface area contributed by atoms with Gasteiger partial charge in [0.15, 0.2) is 0 Å². The van der Waals surface area contributed by atoms with Gasteiger partial charge in [-0.2, -0.15) is 11.3 Å². The van der Waals surface area contributed by atoms with E-state index in [0.717, 1.165) is 45.0 Å². The van der Waals surface area contributed by atoms with Crippen molar-refractivity contribution in [1.82, 2.24) is 9.88 Å². The summed E-state index contributed by atoms with van der Waals surface area (Å²) in [6.07, 6.45) is 5.90. The van der Waals surface area contributed by atoms with Gasteiger partial charge in [0, 0.05) is 35.9 Å². The number of benzene rings is 1. The molecule has 0 saturated heterocycles. The van der Waals surface area contributed by atoms with E-state index in [1.54, 1.807) is 36.0 Å². The molecule has 0 radical (unpaired) electrons. The second kappa shape index (κ2) is 10.1. The van der Waals surface area contributed by atoms with Gasteiger partial charge in [-0.25, -0.2) is 0 Å². The van der Waals surface area contributed by atoms with Gasteiger partial charge in [0.05, 0.1) is 12.0 Å². The Bertz CT molecular complexity index is 1390. The first-order valence-corrected chi connectivity index (χ1v) is 14.5. The zero-order chi connectivity index (χ0) is 26.2. The molecule has 0 fully saturated rings. The molecule has 1 aromatic carbocycles. The van der Waals surface area contributed by atoms with Gasteiger partial charge >= 0.3 is 0 Å². The number of ether oxygens (including phenoxy) is 1. The SMILES string of the molecule is COc1cc2c(cc1-c1ccc(C(=O)N(Cc3cccnc3)Cc3ccsc3)s1)C(C)(C)CCC2(C)C. The van der Waals surface area contributed by atoms with E-state index in [9.17, 15) is 4.79 Å². The molecule has 0 atom stereocenters. The number of fused-ring (bicyclic) bond motifs is 1. The van der Waals surface area contributed by atoms with E-state index in [4.69, 9.17) is 4.74 Å². The number of pyridine rings is 1. The molecule has 1 aliphatic carbocycles. The molecule has 0 aliphatic heterocycles. The third-order valence-corrected chi connectivity index (χ3v) is 9.43. The Hall–Kier alpha value is -2.96. The minimum atomic E-state index is 0.0321. The molecule has 192 valence electrons. The van der Waals surface area contributed by atoms with Crippen LogP contribution in [0.5, 0.6) is 5.75 Å². The van der Waals surface area contributed by atoms with Crippen LogP contribution in [-0.4, -0.2) is 22.9 Å². The minimum absolute atomic E-state index is 0.0321. The van der Waals surface area contributed by atoms with Gasteiger partial charge in [-0.1, -0.05) is 33.8 Å². The Labute approximate surface area is 228 Å². The van der Waals surface area contributed by atoms with Crippen molar-refractivity contribution in [3.8, 4) is 16.2 Å². The summed E-state index contributed by atoms with van der Waals surface area (Å²) in [7, 11) is 1.74. The highest BCUT2D eigenvalue weighted by Crippen LogP contribution is 2.49. The van der Waals surface area contributed by atoms with E-state index in [1.165, 1.54) is 11.1 Å². The van der Waals surface area contributed by atoms with Crippen molar-refractivity contribution < 1.29 is 9.53 Å². The number of hydrogen-bond acceptors (Lipinski definition) is 5. The van der Waals surface area contributed by atoms with Crippen LogP contribution in [0.4, 0.5) is 0 Å². The fourth-order valence-corrected chi connectivity index (χ4v) is 6.88. The zero-order valence-corrected chi connectivity index (χ0v) is 23.8. The van der Waals surface area contributed by atoms with Crippen LogP contribution in [0, 0.1) is 0 Å². The molecule has 3 heterocycles. The van der Waals surface area contributed by atoms with Gasteiger partial charge in [-0.3, -0.25) is 9.78 Å². The molecular formula is C31H34N2O2S2. The van der Waals surface area contributed by atoms with Crippen molar-refractivity contribution in [3.63, 3.8) is 0 Å². The van der Waals surface area contributed by atoms with E-state index >= 15 is 0 Å². The third-order valence-electron chi connectivity index (χ3n) is 7.59. The molecule has 4 aromatic rings. The fourth-order valence-electron chi connectivity index (χ4n) is 5.22. The fraction of sp³-hybridized carbons (Fsp3) is 0.355. The lowest BCUT2D eigenvalue weighted by Gasteiger charge is -2.42. The van der Waals surface area contributed by atoms with Crippen molar-refractivity contribution in [2.24, 2.45) is 0 Å². The van der Waals surface area contributed by atoms with Gasteiger partial charge in [0.2, 0.25) is 0 Å². The molecule has 5 rings (SSSR count). The predicted molar refractivity (Wildman–Crippen MR) is 154 cm³/mol. The molecular weight excluding hydrogens is 496 g/mol. The van der Waals surface area contributed by atoms with Crippen molar-refractivity contribution in [1.29, 1.82) is 0 Å². The van der Waals surface area contributed by atoms with Crippen LogP contribution in [0.25, 0.3) is 10.4 Å². The van der Waals surface area contributed by atoms with E-state index < -0.39 is 0 Å². The highest BCUT2D eigenvalue weighted by Gasteiger charge is 2.38. The first-order chi connectivity index (χ1) is 17.7. The molecule has 0 spiro atoms. The lowest BCUT2D eigenvalue weighted by molar-refractivity contribution is 0.0735. The number of aromatic nitrogens is 1. The van der Waals surface area contributed by atoms with Crippen LogP contribution in [0.15, 0.2) is 65.6 Å². The number of hydrogen-bond donors (Lipinski definition) is 0. The highest BCUT2D eigenvalue weighted by atomic mass is 32.1. The maximum Gasteiger partial charge on any atom is 0.264 e. The smallest absolute Gasteiger partial charge is 0.264 e. The average molecular weight is 531 g/mol. The average Bonchev–Trinajstić information content (AvgIpc) is 3.59. The summed E-state index contributed by atoms with van der Waals surface area (Å²) >= 11 is 3.19. The second-order valence-electron chi connectivity index (χ2n) is 11.2. The largest absolute Gasteiger partial charge is 0.496 e. The maximum atomic E-state index is 13.8. The van der Waals surface area contributed by atoms with Crippen LogP contribution in [0.3, 0.4) is 0 Å². The van der Waals surface area contributed by atoms with Crippen molar-refractivity contribution in [2.75, 3.05) is 7.11 Å². The zero-order valence-electron chi connectivity index (χ0n) is 22.2. The van der Waals surface area contributed by atoms with E-state index in [0.29, 0.717) is 13.1 Å². The van der Waals surface area contributed by atoms with E-state index in [2.05, 4.69) is 67.7 Å². The van der Waals surface area contributed by atoms with Crippen LogP contribution in [0.1, 0.15) is 72.5 Å². The Morgan fingerprint density at radius 2 is 1.73 bits per heavy atom. The molecule has 0 saturated carbocycles. The summed E-state index contributed by atoms with van der Waals surface area (Å²) < 4.78 is 5.90. The van der Waals surface area contributed by atoms with Crippen LogP contribution in [-0.2, 0) is 23.9 Å². The van der Waals surface area contributed by atoms with Gasteiger partial charge in [0.25, 0.3) is 5.91 Å². The monoisotopic (exact) mass is 530 g/mol. The normalized spacial score (nSPS) is 15.7. The summed E-state index contributed by atoms with van der Waals surface area (Å²) in [5, 5.41) is 4.15. The van der Waals surface area contributed by atoms with Gasteiger partial charge in [-0.05, 0) is 93.1 Å². The summed E-state index contributed by atoms with van der Waals surface area (Å²) in [4.78, 5) is 21.7. The first-order valence-electron chi connectivity index (χ1n) is 12.7. The Morgan fingerprint density at radius 1 is 1.00 bits per heavy atom. The minimum Gasteiger partial charge on any atom is -0.496 e. The number of rotatable bonds is 7. The molecule has 37 heavy (non-hydrogen) atoms. The Balaban J connectivity index is 1.50. The van der Waals surface area contributed by atoms with Gasteiger partial charge in [-0.15, -0.1) is 11.3 Å². The summed E-state index contributed by atoms with van der Waals surface area (Å²) in [6.45, 7) is 10.4. The molecule has 0 N–H and O–H groups in total. The van der Waals surface area contributed by atoms with Gasteiger partial charge < -0.3 is 9.64 Å². The van der Waals surface area contributed by atoms with Crippen molar-refractivity contribution in [3.05, 3.63) is 92.7 Å². The quantitative estimate of drug-likeness (QED) is 0.243. The molecule has 0 unspecified atom stereocenters. The highest BCUT2D eigenvalue weighted by molar-refractivity contribution is 7.17. The lowest BCUT2D eigenvalue weighted by atomic mass is 9.63. The number of nitrogens with zero attached hydrogens (tertiary/aromatic N) is 2. The topological polar surface area (TPSA) is 42.4 Å². The van der Waals surface area contributed by atoms with Crippen molar-refractivity contribution >= 4 is 28.6 Å². The number of amides is 1. The first kappa shape index (κ1) is 25.7. The number of methoxy groups -OCH3 is 1. The van der Waals surface area contributed by atoms with E-state index in [1.807, 2.05) is 29.3 Å². The third kappa shape index (κ3) is 5.23. The van der Waals surface area contributed by atoms with Gasteiger partial charge in [0.1, 0.15) is 5.75 Å².